The van der Waals surface area contributed by atoms with Crippen LogP contribution in [0.25, 0.3) is 0 Å². The van der Waals surface area contributed by atoms with E-state index in [9.17, 15) is 4.79 Å². The van der Waals surface area contributed by atoms with Crippen LogP contribution < -0.4 is 14.8 Å². The number of hydrogen-bond donors (Lipinski definition) is 1. The van der Waals surface area contributed by atoms with Crippen LogP contribution >= 0.6 is 0 Å². The number of carbonyl (C=O) groups excluding carboxylic acids is 1. The molecule has 0 aliphatic carbocycles. The summed E-state index contributed by atoms with van der Waals surface area (Å²) < 4.78 is 11.4. The monoisotopic (exact) mass is 398 g/mol. The summed E-state index contributed by atoms with van der Waals surface area (Å²) >= 11 is 0. The Morgan fingerprint density at radius 3 is 2.73 bits per heavy atom. The summed E-state index contributed by atoms with van der Waals surface area (Å²) in [6.07, 6.45) is 3.59. The maximum atomic E-state index is 12.4. The van der Waals surface area contributed by atoms with Crippen molar-refractivity contribution >= 4 is 11.6 Å². The number of hydrogen-bond acceptors (Lipinski definition) is 4. The molecule has 150 valence electrons. The van der Waals surface area contributed by atoms with Gasteiger partial charge in [0.15, 0.2) is 11.5 Å². The van der Waals surface area contributed by atoms with Gasteiger partial charge in [-0.1, -0.05) is 24.1 Å². The molecule has 1 aliphatic rings. The van der Waals surface area contributed by atoms with E-state index in [-0.39, 0.29) is 5.91 Å². The van der Waals surface area contributed by atoms with Gasteiger partial charge in [0.2, 0.25) is 5.91 Å². The lowest BCUT2D eigenvalue weighted by Crippen LogP contribution is -2.12. The van der Waals surface area contributed by atoms with Gasteiger partial charge >= 0.3 is 0 Å². The van der Waals surface area contributed by atoms with Crippen molar-refractivity contribution in [2.45, 2.75) is 19.3 Å². The molecule has 0 radical (unpaired) electrons. The van der Waals surface area contributed by atoms with Crippen LogP contribution in [-0.4, -0.2) is 24.1 Å². The highest BCUT2D eigenvalue weighted by Crippen LogP contribution is 2.30. The molecular formula is C25H22N2O3. The lowest BCUT2D eigenvalue weighted by Gasteiger charge is -2.10. The molecule has 3 aromatic rings. The summed E-state index contributed by atoms with van der Waals surface area (Å²) in [5, 5.41) is 2.94. The molecule has 2 aromatic carbocycles. The minimum atomic E-state index is -0.0445. The van der Waals surface area contributed by atoms with E-state index in [2.05, 4.69) is 22.1 Å². The highest BCUT2D eigenvalue weighted by atomic mass is 16.5. The molecule has 0 atom stereocenters. The molecule has 0 spiro atoms. The molecule has 1 aromatic heterocycles. The Hall–Kier alpha value is -3.78. The summed E-state index contributed by atoms with van der Waals surface area (Å²) in [4.78, 5) is 16.6. The first-order valence-corrected chi connectivity index (χ1v) is 9.98. The van der Waals surface area contributed by atoms with E-state index in [4.69, 9.17) is 9.47 Å². The molecule has 0 saturated carbocycles. The first-order valence-electron chi connectivity index (χ1n) is 9.98. The van der Waals surface area contributed by atoms with E-state index in [1.807, 2.05) is 60.7 Å². The average molecular weight is 398 g/mol. The van der Waals surface area contributed by atoms with E-state index in [0.29, 0.717) is 31.7 Å². The summed E-state index contributed by atoms with van der Waals surface area (Å²) in [6, 6.07) is 19.0. The van der Waals surface area contributed by atoms with Crippen LogP contribution in [0.15, 0.2) is 66.9 Å². The number of rotatable bonds is 4. The van der Waals surface area contributed by atoms with E-state index < -0.39 is 0 Å². The smallest absolute Gasteiger partial charge is 0.224 e. The molecule has 1 N–H and O–H groups in total. The zero-order valence-electron chi connectivity index (χ0n) is 16.6. The van der Waals surface area contributed by atoms with Gasteiger partial charge < -0.3 is 14.8 Å². The number of aromatic nitrogens is 1. The second-order valence-electron chi connectivity index (χ2n) is 6.93. The number of amides is 1. The molecule has 0 fully saturated rings. The van der Waals surface area contributed by atoms with Gasteiger partial charge in [-0.05, 0) is 60.4 Å². The molecule has 1 amide bonds. The minimum absolute atomic E-state index is 0.0445. The maximum absolute atomic E-state index is 12.4. The molecule has 4 rings (SSSR count). The predicted octanol–water partition coefficient (Wildman–Crippen LogP) is 4.21. The summed E-state index contributed by atoms with van der Waals surface area (Å²) in [5.41, 5.74) is 3.30. The number of nitrogens with zero attached hydrogens (tertiary/aromatic N) is 1. The van der Waals surface area contributed by atoms with E-state index >= 15 is 0 Å². The first kappa shape index (κ1) is 19.5. The highest BCUT2D eigenvalue weighted by molar-refractivity contribution is 5.91. The van der Waals surface area contributed by atoms with Gasteiger partial charge in [0.1, 0.15) is 5.69 Å². The summed E-state index contributed by atoms with van der Waals surface area (Å²) in [6.45, 7) is 1.32. The molecule has 5 heteroatoms. The molecule has 0 bridgehead atoms. The first-order chi connectivity index (χ1) is 14.8. The second kappa shape index (κ2) is 9.62. The van der Waals surface area contributed by atoms with Crippen LogP contribution in [-0.2, 0) is 11.2 Å². The number of carbonyl (C=O) groups is 1. The molecule has 0 saturated heterocycles. The second-order valence-corrected chi connectivity index (χ2v) is 6.93. The van der Waals surface area contributed by atoms with Crippen molar-refractivity contribution in [1.29, 1.82) is 0 Å². The van der Waals surface area contributed by atoms with E-state index in [1.165, 1.54) is 0 Å². The fourth-order valence-corrected chi connectivity index (χ4v) is 3.09. The van der Waals surface area contributed by atoms with Crippen molar-refractivity contribution < 1.29 is 14.3 Å². The lowest BCUT2D eigenvalue weighted by molar-refractivity contribution is -0.116. The normalized spacial score (nSPS) is 12.3. The molecule has 5 nitrogen and oxygen atoms in total. The number of aryl methyl sites for hydroxylation is 1. The number of pyridine rings is 1. The predicted molar refractivity (Wildman–Crippen MR) is 116 cm³/mol. The van der Waals surface area contributed by atoms with Crippen LogP contribution in [0, 0.1) is 11.8 Å². The van der Waals surface area contributed by atoms with Crippen molar-refractivity contribution in [3.05, 3.63) is 83.7 Å². The minimum Gasteiger partial charge on any atom is -0.490 e. The van der Waals surface area contributed by atoms with Crippen LogP contribution in [0.5, 0.6) is 11.5 Å². The van der Waals surface area contributed by atoms with E-state index in [0.717, 1.165) is 34.7 Å². The van der Waals surface area contributed by atoms with Crippen molar-refractivity contribution in [3.8, 4) is 23.3 Å². The summed E-state index contributed by atoms with van der Waals surface area (Å²) in [7, 11) is 0. The van der Waals surface area contributed by atoms with Crippen molar-refractivity contribution in [2.24, 2.45) is 0 Å². The van der Waals surface area contributed by atoms with Crippen molar-refractivity contribution in [3.63, 3.8) is 0 Å². The molecular weight excluding hydrogens is 376 g/mol. The quantitative estimate of drug-likeness (QED) is 0.669. The van der Waals surface area contributed by atoms with Gasteiger partial charge in [-0.2, -0.15) is 0 Å². The maximum Gasteiger partial charge on any atom is 0.224 e. The number of benzene rings is 2. The van der Waals surface area contributed by atoms with E-state index in [1.54, 1.807) is 6.20 Å². The van der Waals surface area contributed by atoms with Gasteiger partial charge in [-0.3, -0.25) is 4.79 Å². The topological polar surface area (TPSA) is 60.5 Å². The average Bonchev–Trinajstić information content (AvgIpc) is 3.02. The van der Waals surface area contributed by atoms with Gasteiger partial charge in [-0.15, -0.1) is 0 Å². The third-order valence-electron chi connectivity index (χ3n) is 4.60. The van der Waals surface area contributed by atoms with Gasteiger partial charge in [-0.25, -0.2) is 4.98 Å². The van der Waals surface area contributed by atoms with Crippen molar-refractivity contribution in [2.75, 3.05) is 18.5 Å². The highest BCUT2D eigenvalue weighted by Gasteiger charge is 2.11. The van der Waals surface area contributed by atoms with Crippen molar-refractivity contribution in [1.82, 2.24) is 4.98 Å². The molecule has 0 unspecified atom stereocenters. The number of nitrogens with one attached hydrogen (secondary N) is 1. The zero-order valence-corrected chi connectivity index (χ0v) is 16.6. The number of fused-ring (bicyclic) bond motifs is 1. The van der Waals surface area contributed by atoms with Crippen LogP contribution in [0.4, 0.5) is 5.69 Å². The van der Waals surface area contributed by atoms with Crippen LogP contribution in [0.2, 0.25) is 0 Å². The summed E-state index contributed by atoms with van der Waals surface area (Å²) in [5.74, 6) is 7.58. The SMILES string of the molecule is O=C(CCc1ccc2c(c1)OCCCO2)Nc1cccc(C#Cc2ccccn2)c1. The Labute approximate surface area is 176 Å². The Balaban J connectivity index is 1.34. The van der Waals surface area contributed by atoms with Gasteiger partial charge in [0, 0.05) is 30.3 Å². The molecule has 30 heavy (non-hydrogen) atoms. The largest absolute Gasteiger partial charge is 0.490 e. The Bertz CT molecular complexity index is 1080. The third-order valence-corrected chi connectivity index (χ3v) is 4.60. The molecule has 1 aliphatic heterocycles. The Kier molecular flexibility index (Phi) is 6.26. The molecule has 2 heterocycles. The lowest BCUT2D eigenvalue weighted by atomic mass is 10.1. The fourth-order valence-electron chi connectivity index (χ4n) is 3.09. The third kappa shape index (κ3) is 5.39. The number of ether oxygens (including phenoxy) is 2. The zero-order chi connectivity index (χ0) is 20.6. The van der Waals surface area contributed by atoms with Gasteiger partial charge in [0.05, 0.1) is 13.2 Å². The standard InChI is InChI=1S/C25H22N2O3/c28-25(13-10-20-9-12-23-24(18-20)30-16-4-15-29-23)27-22-7-3-5-19(17-22)8-11-21-6-1-2-14-26-21/h1-3,5-7,9,12,14,17-18H,4,10,13,15-16H2,(H,27,28). The number of anilines is 1. The van der Waals surface area contributed by atoms with Crippen LogP contribution in [0.3, 0.4) is 0 Å². The van der Waals surface area contributed by atoms with Gasteiger partial charge in [0.25, 0.3) is 0 Å². The Morgan fingerprint density at radius 1 is 0.967 bits per heavy atom. The Morgan fingerprint density at radius 2 is 1.87 bits per heavy atom. The van der Waals surface area contributed by atoms with Crippen LogP contribution in [0.1, 0.15) is 29.7 Å². The fraction of sp³-hybridized carbons (Fsp3) is 0.200.